The van der Waals surface area contributed by atoms with Crippen molar-refractivity contribution in [3.63, 3.8) is 0 Å². The number of hydrogen-bond acceptors (Lipinski definition) is 3. The van der Waals surface area contributed by atoms with Crippen LogP contribution in [0.25, 0.3) is 0 Å². The smallest absolute Gasteiger partial charge is 0.261 e. The van der Waals surface area contributed by atoms with E-state index in [2.05, 4.69) is 10.3 Å². The lowest BCUT2D eigenvalue weighted by Crippen LogP contribution is -2.35. The Morgan fingerprint density at radius 1 is 1.19 bits per heavy atom. The summed E-state index contributed by atoms with van der Waals surface area (Å²) in [7, 11) is 0. The molecule has 4 heteroatoms. The van der Waals surface area contributed by atoms with Crippen molar-refractivity contribution in [2.45, 2.75) is 33.4 Å². The van der Waals surface area contributed by atoms with Gasteiger partial charge in [0.15, 0.2) is 6.10 Å². The molecule has 0 aliphatic heterocycles. The molecule has 1 aromatic heterocycles. The Morgan fingerprint density at radius 2 is 1.90 bits per heavy atom. The third kappa shape index (κ3) is 4.31. The van der Waals surface area contributed by atoms with E-state index in [0.29, 0.717) is 12.3 Å². The van der Waals surface area contributed by atoms with Gasteiger partial charge in [0.25, 0.3) is 5.91 Å². The largest absolute Gasteiger partial charge is 0.481 e. The molecule has 4 nitrogen and oxygen atoms in total. The van der Waals surface area contributed by atoms with Crippen LogP contribution in [0.3, 0.4) is 0 Å². The predicted octanol–water partition coefficient (Wildman–Crippen LogP) is 2.78. The van der Waals surface area contributed by atoms with Crippen LogP contribution < -0.4 is 10.1 Å². The summed E-state index contributed by atoms with van der Waals surface area (Å²) in [6.07, 6.45) is 2.88. The lowest BCUT2D eigenvalue weighted by Gasteiger charge is -2.15. The summed E-state index contributed by atoms with van der Waals surface area (Å²) in [5.41, 5.74) is 3.37. The van der Waals surface area contributed by atoms with Crippen LogP contribution in [0.15, 0.2) is 42.7 Å². The maximum atomic E-state index is 12.0. The number of rotatable bonds is 5. The van der Waals surface area contributed by atoms with Crippen molar-refractivity contribution in [1.82, 2.24) is 10.3 Å². The number of pyridine rings is 1. The van der Waals surface area contributed by atoms with E-state index in [-0.39, 0.29) is 5.91 Å². The Kier molecular flexibility index (Phi) is 4.93. The highest BCUT2D eigenvalue weighted by molar-refractivity contribution is 5.80. The molecule has 1 heterocycles. The van der Waals surface area contributed by atoms with Crippen LogP contribution in [-0.2, 0) is 11.3 Å². The maximum absolute atomic E-state index is 12.0. The summed E-state index contributed by atoms with van der Waals surface area (Å²) in [5, 5.41) is 2.85. The molecular formula is C17H20N2O2. The number of hydrogen-bond donors (Lipinski definition) is 1. The third-order valence-electron chi connectivity index (χ3n) is 3.38. The van der Waals surface area contributed by atoms with Crippen LogP contribution in [0.5, 0.6) is 5.75 Å². The van der Waals surface area contributed by atoms with Crippen LogP contribution in [-0.4, -0.2) is 17.0 Å². The van der Waals surface area contributed by atoms with E-state index in [4.69, 9.17) is 4.74 Å². The van der Waals surface area contributed by atoms with Crippen molar-refractivity contribution >= 4 is 5.91 Å². The Labute approximate surface area is 125 Å². The number of carbonyl (C=O) groups is 1. The summed E-state index contributed by atoms with van der Waals surface area (Å²) in [6, 6.07) is 9.56. The molecule has 110 valence electrons. The minimum atomic E-state index is -0.533. The van der Waals surface area contributed by atoms with Gasteiger partial charge < -0.3 is 10.1 Å². The lowest BCUT2D eigenvalue weighted by atomic mass is 10.1. The molecule has 1 amide bonds. The number of aryl methyl sites for hydroxylation is 2. The Hall–Kier alpha value is -2.36. The predicted molar refractivity (Wildman–Crippen MR) is 82.1 cm³/mol. The van der Waals surface area contributed by atoms with E-state index in [1.165, 1.54) is 5.56 Å². The van der Waals surface area contributed by atoms with Gasteiger partial charge in [0.05, 0.1) is 0 Å². The zero-order valence-electron chi connectivity index (χ0n) is 12.6. The molecule has 2 rings (SSSR count). The first-order chi connectivity index (χ1) is 10.1. The SMILES string of the molecule is Cc1ccc(O[C@H](C)C(=O)NCc2ccncc2)cc1C. The van der Waals surface area contributed by atoms with Gasteiger partial charge in [-0.15, -0.1) is 0 Å². The average molecular weight is 284 g/mol. The van der Waals surface area contributed by atoms with E-state index < -0.39 is 6.10 Å². The third-order valence-corrected chi connectivity index (χ3v) is 3.38. The van der Waals surface area contributed by atoms with Crippen molar-refractivity contribution in [2.75, 3.05) is 0 Å². The van der Waals surface area contributed by atoms with Crippen LogP contribution in [0.4, 0.5) is 0 Å². The zero-order valence-corrected chi connectivity index (χ0v) is 12.6. The molecule has 0 saturated heterocycles. The Morgan fingerprint density at radius 3 is 2.57 bits per heavy atom. The first-order valence-electron chi connectivity index (χ1n) is 6.97. The number of carbonyl (C=O) groups excluding carboxylic acids is 1. The van der Waals surface area contributed by atoms with Gasteiger partial charge in [0, 0.05) is 18.9 Å². The molecule has 0 saturated carbocycles. The van der Waals surface area contributed by atoms with Gasteiger partial charge in [-0.1, -0.05) is 6.07 Å². The molecule has 2 aromatic rings. The van der Waals surface area contributed by atoms with Gasteiger partial charge in [-0.2, -0.15) is 0 Å². The molecule has 0 fully saturated rings. The number of nitrogens with zero attached hydrogens (tertiary/aromatic N) is 1. The molecule has 0 spiro atoms. The standard InChI is InChI=1S/C17H20N2O2/c1-12-4-5-16(10-13(12)2)21-14(3)17(20)19-11-15-6-8-18-9-7-15/h4-10,14H,11H2,1-3H3,(H,19,20)/t14-/m1/s1. The number of ether oxygens (including phenoxy) is 1. The van der Waals surface area contributed by atoms with Crippen molar-refractivity contribution in [3.05, 3.63) is 59.4 Å². The fourth-order valence-electron chi connectivity index (χ4n) is 1.88. The van der Waals surface area contributed by atoms with E-state index in [1.54, 1.807) is 19.3 Å². The topological polar surface area (TPSA) is 51.2 Å². The number of benzene rings is 1. The van der Waals surface area contributed by atoms with Crippen LogP contribution >= 0.6 is 0 Å². The highest BCUT2D eigenvalue weighted by Crippen LogP contribution is 2.17. The second-order valence-electron chi connectivity index (χ2n) is 5.08. The van der Waals surface area contributed by atoms with E-state index >= 15 is 0 Å². The molecule has 1 aromatic carbocycles. The molecule has 0 radical (unpaired) electrons. The molecule has 21 heavy (non-hydrogen) atoms. The Balaban J connectivity index is 1.88. The van der Waals surface area contributed by atoms with Crippen molar-refractivity contribution in [2.24, 2.45) is 0 Å². The van der Waals surface area contributed by atoms with Crippen LogP contribution in [0.2, 0.25) is 0 Å². The van der Waals surface area contributed by atoms with Crippen LogP contribution in [0, 0.1) is 13.8 Å². The fourth-order valence-corrected chi connectivity index (χ4v) is 1.88. The van der Waals surface area contributed by atoms with Gasteiger partial charge in [-0.3, -0.25) is 9.78 Å². The van der Waals surface area contributed by atoms with Gasteiger partial charge in [0.2, 0.25) is 0 Å². The summed E-state index contributed by atoms with van der Waals surface area (Å²) in [6.45, 7) is 6.29. The fraction of sp³-hybridized carbons (Fsp3) is 0.294. The number of nitrogens with one attached hydrogen (secondary N) is 1. The first-order valence-corrected chi connectivity index (χ1v) is 6.97. The van der Waals surface area contributed by atoms with E-state index in [1.807, 2.05) is 44.2 Å². The van der Waals surface area contributed by atoms with Crippen molar-refractivity contribution in [1.29, 1.82) is 0 Å². The van der Waals surface area contributed by atoms with Crippen molar-refractivity contribution < 1.29 is 9.53 Å². The van der Waals surface area contributed by atoms with E-state index in [0.717, 1.165) is 11.1 Å². The summed E-state index contributed by atoms with van der Waals surface area (Å²) < 4.78 is 5.68. The average Bonchev–Trinajstić information content (AvgIpc) is 2.49. The zero-order chi connectivity index (χ0) is 15.2. The van der Waals surface area contributed by atoms with Gasteiger partial charge in [0.1, 0.15) is 5.75 Å². The monoisotopic (exact) mass is 284 g/mol. The highest BCUT2D eigenvalue weighted by atomic mass is 16.5. The molecule has 0 aliphatic rings. The first kappa shape index (κ1) is 15.0. The minimum Gasteiger partial charge on any atom is -0.481 e. The van der Waals surface area contributed by atoms with Gasteiger partial charge in [-0.05, 0) is 61.7 Å². The second-order valence-corrected chi connectivity index (χ2v) is 5.08. The molecule has 1 atom stereocenters. The summed E-state index contributed by atoms with van der Waals surface area (Å²) >= 11 is 0. The van der Waals surface area contributed by atoms with Gasteiger partial charge in [-0.25, -0.2) is 0 Å². The second kappa shape index (κ2) is 6.88. The minimum absolute atomic E-state index is 0.134. The quantitative estimate of drug-likeness (QED) is 0.918. The lowest BCUT2D eigenvalue weighted by molar-refractivity contribution is -0.127. The molecule has 0 unspecified atom stereocenters. The number of amides is 1. The van der Waals surface area contributed by atoms with Crippen LogP contribution in [0.1, 0.15) is 23.6 Å². The maximum Gasteiger partial charge on any atom is 0.261 e. The Bertz CT molecular complexity index is 611. The highest BCUT2D eigenvalue weighted by Gasteiger charge is 2.14. The number of aromatic nitrogens is 1. The summed E-state index contributed by atoms with van der Waals surface area (Å²) in [4.78, 5) is 16.0. The molecular weight excluding hydrogens is 264 g/mol. The molecule has 0 bridgehead atoms. The van der Waals surface area contributed by atoms with E-state index in [9.17, 15) is 4.79 Å². The molecule has 1 N–H and O–H groups in total. The van der Waals surface area contributed by atoms with Gasteiger partial charge >= 0.3 is 0 Å². The van der Waals surface area contributed by atoms with Crippen molar-refractivity contribution in [3.8, 4) is 5.75 Å². The normalized spacial score (nSPS) is 11.8. The summed E-state index contributed by atoms with van der Waals surface area (Å²) in [5.74, 6) is 0.578. The molecule has 0 aliphatic carbocycles.